The number of carbonyl (C=O) groups excluding carboxylic acids is 6. The average molecular weight is 717 g/mol. The number of carbonyl (C=O) groups is 6. The second-order valence-electron chi connectivity index (χ2n) is 14.1. The van der Waals surface area contributed by atoms with Crippen molar-refractivity contribution in [2.75, 3.05) is 20.1 Å². The molecule has 6 atom stereocenters. The Labute approximate surface area is 289 Å². The molecule has 5 aliphatic rings. The fraction of sp³-hybridized carbons (Fsp3) is 0.588. The maximum Gasteiger partial charge on any atom is 0.410 e. The van der Waals surface area contributed by atoms with E-state index in [1.807, 2.05) is 0 Å². The lowest BCUT2D eigenvalue weighted by atomic mass is 9.91. The number of hydrogen-bond acceptors (Lipinski definition) is 10. The summed E-state index contributed by atoms with van der Waals surface area (Å²) >= 11 is 0. The van der Waals surface area contributed by atoms with Crippen LogP contribution in [0.5, 0.6) is 0 Å². The maximum atomic E-state index is 14.3. The molecular weight excluding hydrogens is 675 g/mol. The van der Waals surface area contributed by atoms with Crippen LogP contribution in [0.3, 0.4) is 0 Å². The number of halogens is 1. The van der Waals surface area contributed by atoms with Crippen LogP contribution in [0.4, 0.5) is 9.18 Å². The lowest BCUT2D eigenvalue weighted by Crippen LogP contribution is -2.48. The van der Waals surface area contributed by atoms with Crippen molar-refractivity contribution in [3.05, 3.63) is 47.8 Å². The van der Waals surface area contributed by atoms with E-state index in [-0.39, 0.29) is 58.3 Å². The van der Waals surface area contributed by atoms with Crippen molar-refractivity contribution in [1.29, 1.82) is 0 Å². The van der Waals surface area contributed by atoms with Gasteiger partial charge in [0, 0.05) is 51.4 Å². The van der Waals surface area contributed by atoms with Crippen molar-refractivity contribution in [3.8, 4) is 0 Å². The molecule has 0 aromatic heterocycles. The summed E-state index contributed by atoms with van der Waals surface area (Å²) in [6.45, 7) is 5.23. The number of fused-ring (bicyclic) bond motifs is 1. The van der Waals surface area contributed by atoms with Gasteiger partial charge < -0.3 is 19.3 Å². The summed E-state index contributed by atoms with van der Waals surface area (Å²) in [6, 6.07) is 3.45. The number of allylic oxidation sites excluding steroid dienone is 1. The molecule has 0 bridgehead atoms. The lowest BCUT2D eigenvalue weighted by Gasteiger charge is -2.30. The van der Waals surface area contributed by atoms with E-state index in [2.05, 4.69) is 11.3 Å². The van der Waals surface area contributed by atoms with Crippen molar-refractivity contribution in [3.63, 3.8) is 0 Å². The smallest absolute Gasteiger partial charge is 0.410 e. The quantitative estimate of drug-likeness (QED) is 0.248. The molecule has 50 heavy (non-hydrogen) atoms. The monoisotopic (exact) mass is 716 g/mol. The third-order valence-electron chi connectivity index (χ3n) is 10.4. The van der Waals surface area contributed by atoms with Crippen molar-refractivity contribution in [2.24, 2.45) is 17.3 Å². The number of nitrogens with one attached hydrogen (secondary N) is 1. The van der Waals surface area contributed by atoms with Crippen molar-refractivity contribution < 1.29 is 51.0 Å². The third-order valence-corrected chi connectivity index (χ3v) is 12.3. The van der Waals surface area contributed by atoms with Gasteiger partial charge in [0.25, 0.3) is 5.91 Å². The molecule has 4 fully saturated rings. The number of nitrogens with zero attached hydrogens (tertiary/aromatic N) is 3. The number of ketones is 1. The average Bonchev–Trinajstić information content (AvgIpc) is 3.89. The van der Waals surface area contributed by atoms with Crippen LogP contribution in [0.15, 0.2) is 30.9 Å². The lowest BCUT2D eigenvalue weighted by molar-refractivity contribution is -0.153. The van der Waals surface area contributed by atoms with Gasteiger partial charge in [-0.2, -0.15) is 0 Å². The van der Waals surface area contributed by atoms with Gasteiger partial charge >= 0.3 is 12.1 Å². The number of sulfonamides is 1. The van der Waals surface area contributed by atoms with Crippen molar-refractivity contribution in [1.82, 2.24) is 19.4 Å². The number of hydrogen-bond donors (Lipinski definition) is 1. The highest BCUT2D eigenvalue weighted by molar-refractivity contribution is 7.90. The van der Waals surface area contributed by atoms with E-state index in [1.165, 1.54) is 33.9 Å². The molecule has 1 aromatic carbocycles. The Balaban J connectivity index is 1.17. The molecule has 0 spiro atoms. The van der Waals surface area contributed by atoms with Crippen LogP contribution in [-0.2, 0) is 56.6 Å². The zero-order valence-electron chi connectivity index (χ0n) is 28.0. The molecule has 3 heterocycles. The zero-order chi connectivity index (χ0) is 36.1. The van der Waals surface area contributed by atoms with Crippen LogP contribution in [0.25, 0.3) is 0 Å². The van der Waals surface area contributed by atoms with Gasteiger partial charge in [-0.15, -0.1) is 6.58 Å². The Kier molecular flexibility index (Phi) is 9.52. The first-order chi connectivity index (χ1) is 23.6. The van der Waals surface area contributed by atoms with E-state index < -0.39 is 92.2 Å². The molecule has 2 saturated carbocycles. The molecule has 4 amide bonds. The molecule has 270 valence electrons. The molecule has 1 unspecified atom stereocenters. The predicted octanol–water partition coefficient (Wildman–Crippen LogP) is 1.81. The first kappa shape index (κ1) is 35.5. The second kappa shape index (κ2) is 13.4. The molecule has 1 aromatic rings. The normalized spacial score (nSPS) is 27.6. The minimum atomic E-state index is -3.89. The highest BCUT2D eigenvalue weighted by atomic mass is 32.2. The fourth-order valence-corrected chi connectivity index (χ4v) is 8.66. The van der Waals surface area contributed by atoms with E-state index in [9.17, 15) is 41.6 Å². The first-order valence-corrected chi connectivity index (χ1v) is 18.4. The Morgan fingerprint density at radius 1 is 1.20 bits per heavy atom. The number of esters is 1. The maximum absolute atomic E-state index is 14.3. The number of likely N-dealkylation sites (tertiary alicyclic amines) is 1. The van der Waals surface area contributed by atoms with E-state index in [1.54, 1.807) is 19.1 Å². The summed E-state index contributed by atoms with van der Waals surface area (Å²) in [5.41, 5.74) is -0.326. The third kappa shape index (κ3) is 6.98. The minimum Gasteiger partial charge on any atom is -0.452 e. The summed E-state index contributed by atoms with van der Waals surface area (Å²) < 4.78 is 52.5. The van der Waals surface area contributed by atoms with Gasteiger partial charge in [-0.05, 0) is 36.8 Å². The Bertz CT molecular complexity index is 1750. The molecule has 3 aliphatic heterocycles. The van der Waals surface area contributed by atoms with Crippen LogP contribution < -0.4 is 4.72 Å². The number of amides is 4. The van der Waals surface area contributed by atoms with Gasteiger partial charge in [0.05, 0.1) is 35.7 Å². The van der Waals surface area contributed by atoms with Gasteiger partial charge in [0.1, 0.15) is 11.9 Å². The number of ether oxygens (including phenoxy) is 2. The summed E-state index contributed by atoms with van der Waals surface area (Å²) in [6.07, 6.45) is -0.103. The topological polar surface area (TPSA) is 177 Å². The summed E-state index contributed by atoms with van der Waals surface area (Å²) in [4.78, 5) is 82.9. The molecule has 6 rings (SSSR count). The largest absolute Gasteiger partial charge is 0.452 e. The van der Waals surface area contributed by atoms with Crippen LogP contribution in [0.1, 0.15) is 63.0 Å². The number of likely N-dealkylation sites (N-methyl/N-ethyl adjacent to an activating group) is 1. The molecule has 1 N–H and O–H groups in total. The minimum absolute atomic E-state index is 0.00337. The van der Waals surface area contributed by atoms with Gasteiger partial charge in [0.2, 0.25) is 21.8 Å². The van der Waals surface area contributed by atoms with E-state index in [0.29, 0.717) is 24.0 Å². The predicted molar refractivity (Wildman–Crippen MR) is 172 cm³/mol. The standard InChI is InChI=1S/C34H41FN4O10S/c1-4-21-13-34(21,32(44)36-50(46,47)23-8-9-23)14-27(40)26-12-22(48-33(45)38-16-20-6-5-7-25(35)24(20)18-38)17-39(26)30(42)19(2)15-37(3)31(43)28-10-11-29(41)49-28/h4-7,19,21-23,26,28H,1,8-18H2,2-3H3,(H,36,44)/t19-,21+,22?,26-,28+,34+/m0/s1. The molecule has 2 saturated heterocycles. The molecule has 2 aliphatic carbocycles. The van der Waals surface area contributed by atoms with E-state index >= 15 is 0 Å². The van der Waals surface area contributed by atoms with Crippen molar-refractivity contribution >= 4 is 45.6 Å². The molecule has 16 heteroatoms. The second-order valence-corrected chi connectivity index (χ2v) is 16.1. The van der Waals surface area contributed by atoms with Crippen molar-refractivity contribution in [2.45, 2.75) is 88.5 Å². The molecular formula is C34H41FN4O10S. The van der Waals surface area contributed by atoms with Crippen LogP contribution in [0.2, 0.25) is 0 Å². The van der Waals surface area contributed by atoms with Crippen LogP contribution >= 0.6 is 0 Å². The van der Waals surface area contributed by atoms with Gasteiger partial charge in [-0.3, -0.25) is 33.6 Å². The Morgan fingerprint density at radius 2 is 1.94 bits per heavy atom. The number of Topliss-reactive ketones (excluding diaryl/α,β-unsaturated/α-hetero) is 1. The van der Waals surface area contributed by atoms with Gasteiger partial charge in [-0.1, -0.05) is 25.1 Å². The Morgan fingerprint density at radius 3 is 2.56 bits per heavy atom. The van der Waals surface area contributed by atoms with Gasteiger partial charge in [-0.25, -0.2) is 17.6 Å². The number of benzene rings is 1. The fourth-order valence-electron chi connectivity index (χ4n) is 7.27. The summed E-state index contributed by atoms with van der Waals surface area (Å²) in [7, 11) is -2.41. The zero-order valence-corrected chi connectivity index (χ0v) is 28.8. The van der Waals surface area contributed by atoms with Gasteiger partial charge in [0.15, 0.2) is 11.9 Å². The highest BCUT2D eigenvalue weighted by Crippen LogP contribution is 2.57. The molecule has 14 nitrogen and oxygen atoms in total. The summed E-state index contributed by atoms with van der Waals surface area (Å²) in [5, 5.41) is -0.648. The van der Waals surface area contributed by atoms with E-state index in [4.69, 9.17) is 9.47 Å². The SMILES string of the molecule is C=C[C@@H]1C[C@]1(CC(=O)[C@@H]1CC(OC(=O)N2Cc3cccc(F)c3C2)CN1C(=O)[C@@H](C)CN(C)C(=O)[C@H]1CCC(=O)O1)C(=O)NS(=O)(=O)C1CC1. The summed E-state index contributed by atoms with van der Waals surface area (Å²) in [5.74, 6) is -4.47. The number of rotatable bonds is 12. The van der Waals surface area contributed by atoms with Crippen LogP contribution in [0, 0.1) is 23.1 Å². The highest BCUT2D eigenvalue weighted by Gasteiger charge is 2.61. The van der Waals surface area contributed by atoms with Crippen LogP contribution in [-0.4, -0.2) is 102 Å². The molecule has 0 radical (unpaired) electrons. The number of cyclic esters (lactones) is 1. The van der Waals surface area contributed by atoms with E-state index in [0.717, 1.165) is 0 Å². The first-order valence-electron chi connectivity index (χ1n) is 16.8. The Hall–Kier alpha value is -4.34.